The van der Waals surface area contributed by atoms with Crippen molar-refractivity contribution in [2.75, 3.05) is 31.1 Å². The number of benzene rings is 1. The maximum atomic E-state index is 12.7. The second kappa shape index (κ2) is 5.41. The average Bonchev–Trinajstić information content (AvgIpc) is 2.38. The number of nitrogens with zero attached hydrogens (tertiary/aromatic N) is 2. The first-order valence-corrected chi connectivity index (χ1v) is 6.54. The number of rotatable bonds is 2. The third-order valence-electron chi connectivity index (χ3n) is 3.58. The first-order valence-electron chi connectivity index (χ1n) is 6.54. The van der Waals surface area contributed by atoms with E-state index >= 15 is 0 Å². The van der Waals surface area contributed by atoms with Crippen molar-refractivity contribution in [3.8, 4) is 0 Å². The minimum absolute atomic E-state index is 0.489. The highest BCUT2D eigenvalue weighted by Crippen LogP contribution is 2.31. The van der Waals surface area contributed by atoms with Gasteiger partial charge in [-0.05, 0) is 32.0 Å². The predicted molar refractivity (Wildman–Crippen MR) is 70.4 cm³/mol. The summed E-state index contributed by atoms with van der Waals surface area (Å²) in [4.78, 5) is 4.36. The van der Waals surface area contributed by atoms with Crippen molar-refractivity contribution in [2.45, 2.75) is 26.1 Å². The zero-order valence-corrected chi connectivity index (χ0v) is 11.2. The maximum absolute atomic E-state index is 12.7. The molecule has 0 aliphatic carbocycles. The molecule has 5 heteroatoms. The van der Waals surface area contributed by atoms with E-state index in [4.69, 9.17) is 0 Å². The molecule has 0 N–H and O–H groups in total. The van der Waals surface area contributed by atoms with Crippen LogP contribution in [0.5, 0.6) is 0 Å². The highest BCUT2D eigenvalue weighted by atomic mass is 19.4. The number of halogens is 3. The summed E-state index contributed by atoms with van der Waals surface area (Å²) in [6.45, 7) is 7.63. The van der Waals surface area contributed by atoms with Crippen LogP contribution in [0.4, 0.5) is 18.9 Å². The molecule has 1 aliphatic rings. The lowest BCUT2D eigenvalue weighted by Crippen LogP contribution is -2.48. The van der Waals surface area contributed by atoms with Gasteiger partial charge in [-0.1, -0.05) is 6.07 Å². The summed E-state index contributed by atoms with van der Waals surface area (Å²) >= 11 is 0. The van der Waals surface area contributed by atoms with Crippen LogP contribution in [0.25, 0.3) is 0 Å². The second-order valence-corrected chi connectivity index (χ2v) is 5.16. The third kappa shape index (κ3) is 3.41. The van der Waals surface area contributed by atoms with Crippen molar-refractivity contribution in [3.05, 3.63) is 29.8 Å². The van der Waals surface area contributed by atoms with Gasteiger partial charge in [0.1, 0.15) is 0 Å². The van der Waals surface area contributed by atoms with Crippen LogP contribution in [0.3, 0.4) is 0 Å². The molecule has 1 saturated heterocycles. The summed E-state index contributed by atoms with van der Waals surface area (Å²) < 4.78 is 38.0. The normalized spacial score (nSPS) is 18.1. The fraction of sp³-hybridized carbons (Fsp3) is 0.571. The van der Waals surface area contributed by atoms with Gasteiger partial charge in [0.25, 0.3) is 0 Å². The first kappa shape index (κ1) is 14.2. The lowest BCUT2D eigenvalue weighted by molar-refractivity contribution is -0.137. The van der Waals surface area contributed by atoms with Crippen LogP contribution in [-0.2, 0) is 6.18 Å². The van der Waals surface area contributed by atoms with E-state index in [0.29, 0.717) is 11.7 Å². The standard InChI is InChI=1S/C14H19F3N2/c1-11(2)18-6-8-19(9-7-18)13-5-3-4-12(10-13)14(15,16)17/h3-5,10-11H,6-9H2,1-2H3. The summed E-state index contributed by atoms with van der Waals surface area (Å²) in [5, 5.41) is 0. The molecule has 2 nitrogen and oxygen atoms in total. The Kier molecular flexibility index (Phi) is 4.04. The third-order valence-corrected chi connectivity index (χ3v) is 3.58. The van der Waals surface area contributed by atoms with E-state index in [1.807, 2.05) is 4.90 Å². The molecule has 19 heavy (non-hydrogen) atoms. The number of alkyl halides is 3. The van der Waals surface area contributed by atoms with Gasteiger partial charge in [0, 0.05) is 37.9 Å². The Morgan fingerprint density at radius 3 is 2.21 bits per heavy atom. The molecule has 106 valence electrons. The Labute approximate surface area is 111 Å². The number of hydrogen-bond acceptors (Lipinski definition) is 2. The molecule has 1 aromatic rings. The van der Waals surface area contributed by atoms with E-state index in [2.05, 4.69) is 18.7 Å². The largest absolute Gasteiger partial charge is 0.416 e. The monoisotopic (exact) mass is 272 g/mol. The molecule has 0 amide bonds. The molecule has 0 atom stereocenters. The van der Waals surface area contributed by atoms with Crippen LogP contribution in [-0.4, -0.2) is 37.1 Å². The maximum Gasteiger partial charge on any atom is 0.416 e. The number of hydrogen-bond donors (Lipinski definition) is 0. The minimum Gasteiger partial charge on any atom is -0.369 e. The summed E-state index contributed by atoms with van der Waals surface area (Å²) in [5.41, 5.74) is 0.0921. The van der Waals surface area contributed by atoms with Crippen molar-refractivity contribution >= 4 is 5.69 Å². The van der Waals surface area contributed by atoms with Crippen molar-refractivity contribution in [1.29, 1.82) is 0 Å². The van der Waals surface area contributed by atoms with Crippen molar-refractivity contribution in [1.82, 2.24) is 4.90 Å². The van der Waals surface area contributed by atoms with E-state index in [0.717, 1.165) is 32.2 Å². The fourth-order valence-electron chi connectivity index (χ4n) is 2.38. The minimum atomic E-state index is -4.27. The Morgan fingerprint density at radius 2 is 1.68 bits per heavy atom. The Balaban J connectivity index is 2.08. The van der Waals surface area contributed by atoms with Gasteiger partial charge in [0.2, 0.25) is 0 Å². The van der Waals surface area contributed by atoms with Crippen molar-refractivity contribution < 1.29 is 13.2 Å². The van der Waals surface area contributed by atoms with E-state index < -0.39 is 11.7 Å². The molecule has 2 rings (SSSR count). The van der Waals surface area contributed by atoms with Crippen LogP contribution < -0.4 is 4.90 Å². The molecular weight excluding hydrogens is 253 g/mol. The highest BCUT2D eigenvalue weighted by molar-refractivity contribution is 5.49. The van der Waals surface area contributed by atoms with Gasteiger partial charge < -0.3 is 4.90 Å². The first-order chi connectivity index (χ1) is 8.88. The predicted octanol–water partition coefficient (Wildman–Crippen LogP) is 3.24. The quantitative estimate of drug-likeness (QED) is 0.815. The SMILES string of the molecule is CC(C)N1CCN(c2cccc(C(F)(F)F)c2)CC1. The number of anilines is 1. The summed E-state index contributed by atoms with van der Waals surface area (Å²) in [5.74, 6) is 0. The van der Waals surface area contributed by atoms with E-state index in [-0.39, 0.29) is 0 Å². The summed E-state index contributed by atoms with van der Waals surface area (Å²) in [6, 6.07) is 6.08. The molecule has 0 unspecified atom stereocenters. The smallest absolute Gasteiger partial charge is 0.369 e. The average molecular weight is 272 g/mol. The van der Waals surface area contributed by atoms with E-state index in [1.54, 1.807) is 6.07 Å². The van der Waals surface area contributed by atoms with Crippen LogP contribution in [0.1, 0.15) is 19.4 Å². The van der Waals surface area contributed by atoms with Crippen LogP contribution >= 0.6 is 0 Å². The van der Waals surface area contributed by atoms with Gasteiger partial charge >= 0.3 is 6.18 Å². The molecule has 0 saturated carbocycles. The summed E-state index contributed by atoms with van der Waals surface area (Å²) in [7, 11) is 0. The second-order valence-electron chi connectivity index (χ2n) is 5.16. The van der Waals surface area contributed by atoms with Crippen LogP contribution in [0, 0.1) is 0 Å². The van der Waals surface area contributed by atoms with Gasteiger partial charge in [-0.15, -0.1) is 0 Å². The Bertz CT molecular complexity index is 421. The van der Waals surface area contributed by atoms with Gasteiger partial charge in [-0.25, -0.2) is 0 Å². The number of piperazine rings is 1. The van der Waals surface area contributed by atoms with Gasteiger partial charge in [-0.2, -0.15) is 13.2 Å². The van der Waals surface area contributed by atoms with Crippen LogP contribution in [0.2, 0.25) is 0 Å². The molecule has 1 aromatic carbocycles. The molecule has 1 heterocycles. The molecule has 0 radical (unpaired) electrons. The zero-order chi connectivity index (χ0) is 14.0. The Morgan fingerprint density at radius 1 is 1.05 bits per heavy atom. The lowest BCUT2D eigenvalue weighted by Gasteiger charge is -2.38. The molecule has 1 aliphatic heterocycles. The Hall–Kier alpha value is -1.23. The molecule has 0 spiro atoms. The van der Waals surface area contributed by atoms with Gasteiger partial charge in [-0.3, -0.25) is 4.90 Å². The lowest BCUT2D eigenvalue weighted by atomic mass is 10.1. The highest BCUT2D eigenvalue weighted by Gasteiger charge is 2.31. The van der Waals surface area contributed by atoms with Gasteiger partial charge in [0.15, 0.2) is 0 Å². The fourth-order valence-corrected chi connectivity index (χ4v) is 2.38. The molecule has 1 fully saturated rings. The van der Waals surface area contributed by atoms with Crippen molar-refractivity contribution in [3.63, 3.8) is 0 Å². The molecular formula is C14H19F3N2. The zero-order valence-electron chi connectivity index (χ0n) is 11.2. The van der Waals surface area contributed by atoms with Gasteiger partial charge in [0.05, 0.1) is 5.56 Å². The topological polar surface area (TPSA) is 6.48 Å². The summed E-state index contributed by atoms with van der Waals surface area (Å²) in [6.07, 6.45) is -4.27. The van der Waals surface area contributed by atoms with Crippen molar-refractivity contribution in [2.24, 2.45) is 0 Å². The molecule has 0 bridgehead atoms. The van der Waals surface area contributed by atoms with Crippen LogP contribution in [0.15, 0.2) is 24.3 Å². The van der Waals surface area contributed by atoms with E-state index in [9.17, 15) is 13.2 Å². The molecule has 0 aromatic heterocycles. The van der Waals surface area contributed by atoms with E-state index in [1.165, 1.54) is 12.1 Å².